The van der Waals surface area contributed by atoms with Crippen LogP contribution in [0.1, 0.15) is 24.2 Å². The molecule has 100 valence electrons. The maximum atomic E-state index is 13.5. The first-order valence-electron chi connectivity index (χ1n) is 5.25. The standard InChI is InChI=1S/C12H14BrF2NOS/c1-12(2,18-3)6-16-11(17)10-8(14)4-7(13)5-9(10)15/h4-5H,6H2,1-3H3,(H,16,17). The Balaban J connectivity index is 2.86. The van der Waals surface area contributed by atoms with Gasteiger partial charge >= 0.3 is 0 Å². The lowest BCUT2D eigenvalue weighted by molar-refractivity contribution is 0.0942. The number of nitrogens with one attached hydrogen (secondary N) is 1. The van der Waals surface area contributed by atoms with Crippen LogP contribution in [0.3, 0.4) is 0 Å². The fourth-order valence-corrected chi connectivity index (χ4v) is 1.83. The van der Waals surface area contributed by atoms with Crippen LogP contribution in [0.2, 0.25) is 0 Å². The van der Waals surface area contributed by atoms with E-state index < -0.39 is 23.1 Å². The van der Waals surface area contributed by atoms with Crippen LogP contribution >= 0.6 is 27.7 Å². The van der Waals surface area contributed by atoms with Crippen molar-refractivity contribution >= 4 is 33.6 Å². The van der Waals surface area contributed by atoms with Gasteiger partial charge in [0.1, 0.15) is 17.2 Å². The number of benzene rings is 1. The third kappa shape index (κ3) is 3.95. The van der Waals surface area contributed by atoms with Crippen LogP contribution in [0.4, 0.5) is 8.78 Å². The minimum absolute atomic E-state index is 0.183. The van der Waals surface area contributed by atoms with E-state index in [9.17, 15) is 13.6 Å². The van der Waals surface area contributed by atoms with E-state index >= 15 is 0 Å². The second-order valence-corrected chi connectivity index (χ2v) is 6.82. The quantitative estimate of drug-likeness (QED) is 0.909. The minimum atomic E-state index is -0.874. The molecule has 0 aliphatic heterocycles. The van der Waals surface area contributed by atoms with Crippen molar-refractivity contribution in [2.45, 2.75) is 18.6 Å². The second-order valence-electron chi connectivity index (χ2n) is 4.39. The predicted octanol–water partition coefficient (Wildman–Crippen LogP) is 3.60. The third-order valence-corrected chi connectivity index (χ3v) is 4.17. The first-order valence-corrected chi connectivity index (χ1v) is 7.26. The summed E-state index contributed by atoms with van der Waals surface area (Å²) in [6.45, 7) is 4.21. The minimum Gasteiger partial charge on any atom is -0.350 e. The molecule has 6 heteroatoms. The highest BCUT2D eigenvalue weighted by Crippen LogP contribution is 2.21. The summed E-state index contributed by atoms with van der Waals surface area (Å²) < 4.78 is 27.1. The van der Waals surface area contributed by atoms with Gasteiger partial charge in [0.15, 0.2) is 0 Å². The van der Waals surface area contributed by atoms with Crippen LogP contribution < -0.4 is 5.32 Å². The van der Waals surface area contributed by atoms with Crippen molar-refractivity contribution in [2.24, 2.45) is 0 Å². The summed E-state index contributed by atoms with van der Waals surface area (Å²) in [7, 11) is 0. The zero-order chi connectivity index (χ0) is 13.9. The van der Waals surface area contributed by atoms with E-state index in [-0.39, 0.29) is 9.22 Å². The molecular weight excluding hydrogens is 324 g/mol. The Kier molecular flexibility index (Phi) is 5.16. The van der Waals surface area contributed by atoms with Crippen molar-refractivity contribution in [1.82, 2.24) is 5.32 Å². The summed E-state index contributed by atoms with van der Waals surface area (Å²) in [6.07, 6.45) is 1.91. The van der Waals surface area contributed by atoms with Crippen LogP contribution in [-0.4, -0.2) is 23.5 Å². The van der Waals surface area contributed by atoms with Crippen LogP contribution in [-0.2, 0) is 0 Å². The number of thioether (sulfide) groups is 1. The number of hydrogen-bond donors (Lipinski definition) is 1. The Hall–Kier alpha value is -0.620. The molecule has 18 heavy (non-hydrogen) atoms. The molecular formula is C12H14BrF2NOS. The van der Waals surface area contributed by atoms with Crippen LogP contribution in [0.25, 0.3) is 0 Å². The first-order chi connectivity index (χ1) is 8.26. The van der Waals surface area contributed by atoms with Crippen LogP contribution in [0.15, 0.2) is 16.6 Å². The molecule has 1 rings (SSSR count). The maximum absolute atomic E-state index is 13.5. The number of hydrogen-bond acceptors (Lipinski definition) is 2. The summed E-state index contributed by atoms with van der Waals surface area (Å²) in [5.74, 6) is -2.48. The van der Waals surface area contributed by atoms with Crippen molar-refractivity contribution in [2.75, 3.05) is 12.8 Å². The lowest BCUT2D eigenvalue weighted by Gasteiger charge is -2.22. The van der Waals surface area contributed by atoms with E-state index in [1.807, 2.05) is 20.1 Å². The number of halogens is 3. The average molecular weight is 338 g/mol. The van der Waals surface area contributed by atoms with Crippen LogP contribution in [0, 0.1) is 11.6 Å². The van der Waals surface area contributed by atoms with Gasteiger partial charge in [0, 0.05) is 15.8 Å². The molecule has 1 amide bonds. The van der Waals surface area contributed by atoms with Gasteiger partial charge in [0.05, 0.1) is 0 Å². The molecule has 0 aromatic heterocycles. The lowest BCUT2D eigenvalue weighted by Crippen LogP contribution is -2.36. The summed E-state index contributed by atoms with van der Waals surface area (Å²) >= 11 is 4.53. The normalized spacial score (nSPS) is 11.4. The van der Waals surface area contributed by atoms with E-state index in [4.69, 9.17) is 0 Å². The van der Waals surface area contributed by atoms with Gasteiger partial charge in [-0.1, -0.05) is 15.9 Å². The fourth-order valence-electron chi connectivity index (χ4n) is 1.21. The summed E-state index contributed by atoms with van der Waals surface area (Å²) in [4.78, 5) is 11.7. The van der Waals surface area contributed by atoms with E-state index in [0.29, 0.717) is 6.54 Å². The summed E-state index contributed by atoms with van der Waals surface area (Å²) in [6, 6.07) is 2.13. The zero-order valence-corrected chi connectivity index (χ0v) is 12.7. The number of amides is 1. The molecule has 0 aliphatic carbocycles. The lowest BCUT2D eigenvalue weighted by atomic mass is 10.1. The molecule has 1 aromatic carbocycles. The van der Waals surface area contributed by atoms with Crippen molar-refractivity contribution in [3.63, 3.8) is 0 Å². The molecule has 1 N–H and O–H groups in total. The van der Waals surface area contributed by atoms with Gasteiger partial charge in [0.25, 0.3) is 5.91 Å². The number of carbonyl (C=O) groups is 1. The van der Waals surface area contributed by atoms with Gasteiger partial charge in [-0.05, 0) is 32.2 Å². The van der Waals surface area contributed by atoms with Gasteiger partial charge < -0.3 is 5.32 Å². The Morgan fingerprint density at radius 1 is 1.39 bits per heavy atom. The summed E-state index contributed by atoms with van der Waals surface area (Å²) in [5, 5.41) is 2.54. The number of carbonyl (C=O) groups excluding carboxylic acids is 1. The Morgan fingerprint density at radius 3 is 2.33 bits per heavy atom. The molecule has 0 spiro atoms. The van der Waals surface area contributed by atoms with Crippen LogP contribution in [0.5, 0.6) is 0 Å². The molecule has 1 aromatic rings. The molecule has 0 unspecified atom stereocenters. The van der Waals surface area contributed by atoms with Gasteiger partial charge in [-0.15, -0.1) is 0 Å². The van der Waals surface area contributed by atoms with E-state index in [1.165, 1.54) is 0 Å². The second kappa shape index (κ2) is 6.02. The van der Waals surface area contributed by atoms with Crippen molar-refractivity contribution in [3.8, 4) is 0 Å². The summed E-state index contributed by atoms with van der Waals surface area (Å²) in [5.41, 5.74) is -0.546. The largest absolute Gasteiger partial charge is 0.350 e. The monoisotopic (exact) mass is 337 g/mol. The highest BCUT2D eigenvalue weighted by atomic mass is 79.9. The zero-order valence-electron chi connectivity index (χ0n) is 10.3. The fraction of sp³-hybridized carbons (Fsp3) is 0.417. The maximum Gasteiger partial charge on any atom is 0.257 e. The molecule has 0 heterocycles. The Bertz CT molecular complexity index is 442. The van der Waals surface area contributed by atoms with E-state index in [1.54, 1.807) is 11.8 Å². The predicted molar refractivity (Wildman–Crippen MR) is 74.0 cm³/mol. The average Bonchev–Trinajstić information content (AvgIpc) is 2.25. The smallest absolute Gasteiger partial charge is 0.257 e. The highest BCUT2D eigenvalue weighted by molar-refractivity contribution is 9.10. The van der Waals surface area contributed by atoms with E-state index in [0.717, 1.165) is 12.1 Å². The van der Waals surface area contributed by atoms with Crippen molar-refractivity contribution in [1.29, 1.82) is 0 Å². The molecule has 0 saturated heterocycles. The molecule has 0 radical (unpaired) electrons. The number of rotatable bonds is 4. The Labute approximate surface area is 118 Å². The van der Waals surface area contributed by atoms with E-state index in [2.05, 4.69) is 21.2 Å². The van der Waals surface area contributed by atoms with Gasteiger partial charge in [-0.3, -0.25) is 4.79 Å². The molecule has 0 saturated carbocycles. The molecule has 0 atom stereocenters. The van der Waals surface area contributed by atoms with Crippen molar-refractivity contribution in [3.05, 3.63) is 33.8 Å². The van der Waals surface area contributed by atoms with Gasteiger partial charge in [-0.25, -0.2) is 8.78 Å². The highest BCUT2D eigenvalue weighted by Gasteiger charge is 2.21. The molecule has 0 bridgehead atoms. The molecule has 0 aliphatic rings. The molecule has 2 nitrogen and oxygen atoms in total. The third-order valence-electron chi connectivity index (χ3n) is 2.46. The molecule has 0 fully saturated rings. The van der Waals surface area contributed by atoms with Gasteiger partial charge in [0.2, 0.25) is 0 Å². The SMILES string of the molecule is CSC(C)(C)CNC(=O)c1c(F)cc(Br)cc1F. The van der Waals surface area contributed by atoms with Gasteiger partial charge in [-0.2, -0.15) is 11.8 Å². The first kappa shape index (κ1) is 15.4. The topological polar surface area (TPSA) is 29.1 Å². The Morgan fingerprint density at radius 2 is 1.89 bits per heavy atom. The van der Waals surface area contributed by atoms with Crippen molar-refractivity contribution < 1.29 is 13.6 Å².